The molecule has 0 aliphatic heterocycles. The molecule has 5 heteroatoms. The van der Waals surface area contributed by atoms with Gasteiger partial charge in [0.2, 0.25) is 0 Å². The van der Waals surface area contributed by atoms with Gasteiger partial charge in [-0.05, 0) is 46.5 Å². The van der Waals surface area contributed by atoms with E-state index in [1.807, 2.05) is 10.6 Å². The van der Waals surface area contributed by atoms with Crippen molar-refractivity contribution in [1.29, 1.82) is 5.26 Å². The predicted octanol–water partition coefficient (Wildman–Crippen LogP) is 3.55. The summed E-state index contributed by atoms with van der Waals surface area (Å²) in [7, 11) is 0. The summed E-state index contributed by atoms with van der Waals surface area (Å²) < 4.78 is 2.82. The van der Waals surface area contributed by atoms with Gasteiger partial charge in [-0.1, -0.05) is 13.8 Å². The molecule has 104 valence electrons. The number of benzene rings is 1. The number of aromatic nitrogens is 2. The highest BCUT2D eigenvalue weighted by Crippen LogP contribution is 2.27. The third-order valence-corrected chi connectivity index (χ3v) is 3.74. The van der Waals surface area contributed by atoms with Gasteiger partial charge in [0.05, 0.1) is 35.5 Å². The number of imidazole rings is 1. The molecule has 2 rings (SSSR count). The molecule has 0 aliphatic carbocycles. The van der Waals surface area contributed by atoms with Crippen molar-refractivity contribution < 1.29 is 0 Å². The Labute approximate surface area is 127 Å². The van der Waals surface area contributed by atoms with Crippen LogP contribution in [0.4, 0.5) is 0 Å². The SMILES string of the molecule is CC(C)CC(N)c1cncn1-c1ccc(C#N)cc1Br. The molecule has 0 radical (unpaired) electrons. The third kappa shape index (κ3) is 3.09. The topological polar surface area (TPSA) is 67.6 Å². The number of nitriles is 1. The van der Waals surface area contributed by atoms with Crippen molar-refractivity contribution in [2.75, 3.05) is 0 Å². The predicted molar refractivity (Wildman–Crippen MR) is 82.4 cm³/mol. The molecule has 2 aromatic rings. The lowest BCUT2D eigenvalue weighted by molar-refractivity contribution is 0.498. The van der Waals surface area contributed by atoms with Gasteiger partial charge >= 0.3 is 0 Å². The van der Waals surface area contributed by atoms with Crippen molar-refractivity contribution in [3.8, 4) is 11.8 Å². The van der Waals surface area contributed by atoms with Gasteiger partial charge in [0.25, 0.3) is 0 Å². The normalized spacial score (nSPS) is 12.4. The Morgan fingerprint density at radius 3 is 2.80 bits per heavy atom. The summed E-state index contributed by atoms with van der Waals surface area (Å²) in [6.45, 7) is 4.30. The zero-order chi connectivity index (χ0) is 14.7. The van der Waals surface area contributed by atoms with Crippen molar-refractivity contribution in [2.45, 2.75) is 26.3 Å². The van der Waals surface area contributed by atoms with E-state index in [1.54, 1.807) is 24.7 Å². The van der Waals surface area contributed by atoms with Gasteiger partial charge in [0.15, 0.2) is 0 Å². The van der Waals surface area contributed by atoms with Crippen molar-refractivity contribution in [3.63, 3.8) is 0 Å². The van der Waals surface area contributed by atoms with Crippen molar-refractivity contribution in [3.05, 3.63) is 46.5 Å². The lowest BCUT2D eigenvalue weighted by Gasteiger charge is -2.17. The maximum Gasteiger partial charge on any atom is 0.0995 e. The Morgan fingerprint density at radius 2 is 2.20 bits per heavy atom. The van der Waals surface area contributed by atoms with E-state index in [-0.39, 0.29) is 6.04 Å². The van der Waals surface area contributed by atoms with Crippen LogP contribution in [-0.2, 0) is 0 Å². The average Bonchev–Trinajstić information content (AvgIpc) is 2.86. The van der Waals surface area contributed by atoms with Crippen molar-refractivity contribution in [2.24, 2.45) is 11.7 Å². The first-order chi connectivity index (χ1) is 9.52. The molecule has 0 amide bonds. The molecule has 1 heterocycles. The van der Waals surface area contributed by atoms with Crippen LogP contribution in [0.25, 0.3) is 5.69 Å². The van der Waals surface area contributed by atoms with E-state index in [4.69, 9.17) is 11.0 Å². The minimum absolute atomic E-state index is 0.0555. The van der Waals surface area contributed by atoms with Crippen LogP contribution >= 0.6 is 15.9 Å². The summed E-state index contributed by atoms with van der Waals surface area (Å²) in [5.74, 6) is 0.526. The summed E-state index contributed by atoms with van der Waals surface area (Å²) in [5, 5.41) is 8.92. The summed E-state index contributed by atoms with van der Waals surface area (Å²) in [5.41, 5.74) is 8.79. The molecule has 1 atom stereocenters. The Morgan fingerprint density at radius 1 is 1.45 bits per heavy atom. The number of nitrogens with two attached hydrogens (primary N) is 1. The van der Waals surface area contributed by atoms with Gasteiger partial charge in [-0.15, -0.1) is 0 Å². The monoisotopic (exact) mass is 332 g/mol. The van der Waals surface area contributed by atoms with Crippen LogP contribution in [0.1, 0.15) is 37.6 Å². The fourth-order valence-electron chi connectivity index (χ4n) is 2.18. The van der Waals surface area contributed by atoms with Gasteiger partial charge in [0, 0.05) is 10.5 Å². The summed E-state index contributed by atoms with van der Waals surface area (Å²) >= 11 is 3.50. The smallest absolute Gasteiger partial charge is 0.0995 e. The second-order valence-corrected chi connectivity index (χ2v) is 6.06. The first-order valence-corrected chi connectivity index (χ1v) is 7.30. The van der Waals surface area contributed by atoms with Crippen LogP contribution in [0, 0.1) is 17.2 Å². The Hall–Kier alpha value is -1.64. The molecule has 0 aliphatic rings. The molecule has 0 saturated carbocycles. The van der Waals surface area contributed by atoms with Crippen LogP contribution in [0.2, 0.25) is 0 Å². The highest BCUT2D eigenvalue weighted by atomic mass is 79.9. The van der Waals surface area contributed by atoms with Gasteiger partial charge in [-0.25, -0.2) is 4.98 Å². The third-order valence-electron chi connectivity index (χ3n) is 3.11. The van der Waals surface area contributed by atoms with E-state index in [2.05, 4.69) is 40.8 Å². The van der Waals surface area contributed by atoms with Gasteiger partial charge in [-0.2, -0.15) is 5.26 Å². The molecule has 4 nitrogen and oxygen atoms in total. The molecule has 2 N–H and O–H groups in total. The molecule has 0 saturated heterocycles. The lowest BCUT2D eigenvalue weighted by atomic mass is 10.0. The lowest BCUT2D eigenvalue weighted by Crippen LogP contribution is -2.16. The number of nitrogens with zero attached hydrogens (tertiary/aromatic N) is 3. The second kappa shape index (κ2) is 6.21. The zero-order valence-corrected chi connectivity index (χ0v) is 13.1. The molecule has 20 heavy (non-hydrogen) atoms. The van der Waals surface area contributed by atoms with Gasteiger partial charge in [0.1, 0.15) is 0 Å². The fraction of sp³-hybridized carbons (Fsp3) is 0.333. The molecule has 1 unspecified atom stereocenters. The van der Waals surface area contributed by atoms with Crippen LogP contribution in [-0.4, -0.2) is 9.55 Å². The number of halogens is 1. The second-order valence-electron chi connectivity index (χ2n) is 5.20. The van der Waals surface area contributed by atoms with Crippen LogP contribution in [0.15, 0.2) is 35.2 Å². The highest BCUT2D eigenvalue weighted by Gasteiger charge is 2.15. The van der Waals surface area contributed by atoms with Crippen molar-refractivity contribution in [1.82, 2.24) is 9.55 Å². The Bertz CT molecular complexity index is 640. The molecule has 1 aromatic heterocycles. The number of hydrogen-bond acceptors (Lipinski definition) is 3. The van der Waals surface area contributed by atoms with Gasteiger partial charge < -0.3 is 10.3 Å². The van der Waals surface area contributed by atoms with E-state index in [9.17, 15) is 0 Å². The largest absolute Gasteiger partial charge is 0.323 e. The maximum absolute atomic E-state index is 8.92. The standard InChI is InChI=1S/C15H17BrN4/c1-10(2)5-13(18)15-8-19-9-20(15)14-4-3-11(7-17)6-12(14)16/h3-4,6,8-10,13H,5,18H2,1-2H3. The molecular formula is C15H17BrN4. The summed E-state index contributed by atoms with van der Waals surface area (Å²) in [6, 6.07) is 7.56. The first kappa shape index (κ1) is 14.8. The minimum atomic E-state index is -0.0555. The van der Waals surface area contributed by atoms with Crippen LogP contribution in [0.3, 0.4) is 0 Å². The zero-order valence-electron chi connectivity index (χ0n) is 11.5. The molecular weight excluding hydrogens is 316 g/mol. The number of hydrogen-bond donors (Lipinski definition) is 1. The maximum atomic E-state index is 8.92. The quantitative estimate of drug-likeness (QED) is 0.930. The average molecular weight is 333 g/mol. The van der Waals surface area contributed by atoms with E-state index in [1.165, 1.54) is 0 Å². The van der Waals surface area contributed by atoms with Crippen LogP contribution < -0.4 is 5.73 Å². The summed E-state index contributed by atoms with van der Waals surface area (Å²) in [6.07, 6.45) is 4.46. The highest BCUT2D eigenvalue weighted by molar-refractivity contribution is 9.10. The van der Waals surface area contributed by atoms with E-state index in [0.29, 0.717) is 11.5 Å². The van der Waals surface area contributed by atoms with Crippen LogP contribution in [0.5, 0.6) is 0 Å². The molecule has 0 fully saturated rings. The Balaban J connectivity index is 2.40. The van der Waals surface area contributed by atoms with E-state index < -0.39 is 0 Å². The van der Waals surface area contributed by atoms with E-state index >= 15 is 0 Å². The fourth-order valence-corrected chi connectivity index (χ4v) is 2.75. The van der Waals surface area contributed by atoms with Gasteiger partial charge in [-0.3, -0.25) is 0 Å². The Kier molecular flexibility index (Phi) is 4.58. The van der Waals surface area contributed by atoms with E-state index in [0.717, 1.165) is 22.3 Å². The number of rotatable bonds is 4. The summed E-state index contributed by atoms with van der Waals surface area (Å²) in [4.78, 5) is 4.21. The molecule has 0 bridgehead atoms. The first-order valence-electron chi connectivity index (χ1n) is 6.50. The molecule has 0 spiro atoms. The van der Waals surface area contributed by atoms with Crippen molar-refractivity contribution >= 4 is 15.9 Å². The molecule has 1 aromatic carbocycles. The minimum Gasteiger partial charge on any atom is -0.323 e.